The van der Waals surface area contributed by atoms with E-state index in [1.54, 1.807) is 0 Å². The lowest BCUT2D eigenvalue weighted by Crippen LogP contribution is -2.67. The van der Waals surface area contributed by atoms with Crippen molar-refractivity contribution in [1.82, 2.24) is 14.8 Å². The first-order valence-electron chi connectivity index (χ1n) is 11.6. The number of aliphatic hydroxyl groups excluding tert-OH is 1. The van der Waals surface area contributed by atoms with E-state index in [1.807, 2.05) is 30.6 Å². The summed E-state index contributed by atoms with van der Waals surface area (Å²) in [7, 11) is 0. The summed E-state index contributed by atoms with van der Waals surface area (Å²) in [6.07, 6.45) is 6.12. The molecule has 0 saturated carbocycles. The van der Waals surface area contributed by atoms with Crippen LogP contribution >= 0.6 is 0 Å². The first-order valence-corrected chi connectivity index (χ1v) is 11.6. The summed E-state index contributed by atoms with van der Waals surface area (Å²) in [5, 5.41) is 10.2. The van der Waals surface area contributed by atoms with Crippen LogP contribution in [0.1, 0.15) is 29.9 Å². The third-order valence-electron chi connectivity index (χ3n) is 7.06. The van der Waals surface area contributed by atoms with Crippen LogP contribution in [0, 0.1) is 5.82 Å². The molecule has 3 heterocycles. The average Bonchev–Trinajstić information content (AvgIpc) is 2.81. The summed E-state index contributed by atoms with van der Waals surface area (Å²) in [6, 6.07) is 20.0. The molecule has 1 aromatic heterocycles. The van der Waals surface area contributed by atoms with E-state index in [4.69, 9.17) is 0 Å². The zero-order valence-corrected chi connectivity index (χ0v) is 18.3. The van der Waals surface area contributed by atoms with Gasteiger partial charge in [0.25, 0.3) is 0 Å². The molecule has 32 heavy (non-hydrogen) atoms. The standard InChI is InChI=1S/C27H30FN3O/c28-24-11-9-22(10-12-24)21-5-7-23(8-6-21)27-25-18-30(17-20-4-3-13-29-16-20)14-1-2-15-31(25)26(27)19-32/h3-13,16,25-27,32H,1-2,14-15,17-19H2/t25-,26-,27-/m1/s1. The molecule has 0 unspecified atom stereocenters. The van der Waals surface area contributed by atoms with Gasteiger partial charge in [-0.25, -0.2) is 4.39 Å². The highest BCUT2D eigenvalue weighted by atomic mass is 19.1. The van der Waals surface area contributed by atoms with Crippen molar-refractivity contribution in [1.29, 1.82) is 0 Å². The van der Waals surface area contributed by atoms with Crippen molar-refractivity contribution in [2.45, 2.75) is 37.4 Å². The van der Waals surface area contributed by atoms with Gasteiger partial charge in [0.15, 0.2) is 0 Å². The molecule has 0 aliphatic carbocycles. The quantitative estimate of drug-likeness (QED) is 0.653. The van der Waals surface area contributed by atoms with Crippen LogP contribution in [0.5, 0.6) is 0 Å². The number of halogens is 1. The predicted molar refractivity (Wildman–Crippen MR) is 125 cm³/mol. The lowest BCUT2D eigenvalue weighted by Gasteiger charge is -2.57. The normalized spacial score (nSPS) is 24.2. The van der Waals surface area contributed by atoms with Gasteiger partial charge in [-0.3, -0.25) is 14.8 Å². The van der Waals surface area contributed by atoms with Crippen LogP contribution in [0.25, 0.3) is 11.1 Å². The minimum atomic E-state index is -0.217. The van der Waals surface area contributed by atoms with Crippen molar-refractivity contribution >= 4 is 0 Å². The van der Waals surface area contributed by atoms with Gasteiger partial charge >= 0.3 is 0 Å². The lowest BCUT2D eigenvalue weighted by atomic mass is 9.74. The van der Waals surface area contributed by atoms with Crippen LogP contribution in [0.3, 0.4) is 0 Å². The van der Waals surface area contributed by atoms with Crippen LogP contribution in [0.4, 0.5) is 4.39 Å². The van der Waals surface area contributed by atoms with Gasteiger partial charge in [0.1, 0.15) is 5.82 Å². The van der Waals surface area contributed by atoms with E-state index in [0.29, 0.717) is 12.0 Å². The molecule has 0 amide bonds. The highest BCUT2D eigenvalue weighted by Crippen LogP contribution is 2.42. The molecule has 2 saturated heterocycles. The third-order valence-corrected chi connectivity index (χ3v) is 7.06. The van der Waals surface area contributed by atoms with Crippen molar-refractivity contribution in [2.75, 3.05) is 26.2 Å². The zero-order valence-electron chi connectivity index (χ0n) is 18.3. The fourth-order valence-electron chi connectivity index (χ4n) is 5.45. The Hall–Kier alpha value is -2.60. The van der Waals surface area contributed by atoms with E-state index in [-0.39, 0.29) is 18.5 Å². The van der Waals surface area contributed by atoms with Crippen LogP contribution in [0.15, 0.2) is 73.1 Å². The number of nitrogens with zero attached hydrogens (tertiary/aromatic N) is 3. The number of benzene rings is 2. The Bertz CT molecular complexity index is 1010. The number of rotatable bonds is 5. The van der Waals surface area contributed by atoms with Crippen LogP contribution in [-0.4, -0.2) is 58.2 Å². The highest BCUT2D eigenvalue weighted by Gasteiger charge is 2.48. The summed E-state index contributed by atoms with van der Waals surface area (Å²) in [6.45, 7) is 4.25. The maximum atomic E-state index is 13.3. The van der Waals surface area contributed by atoms with Gasteiger partial charge in [0, 0.05) is 43.5 Å². The molecule has 4 nitrogen and oxygen atoms in total. The summed E-state index contributed by atoms with van der Waals surface area (Å²) in [5.41, 5.74) is 4.62. The molecule has 5 heteroatoms. The maximum Gasteiger partial charge on any atom is 0.123 e. The largest absolute Gasteiger partial charge is 0.395 e. The number of aliphatic hydroxyl groups is 1. The molecule has 2 aromatic carbocycles. The van der Waals surface area contributed by atoms with E-state index in [0.717, 1.165) is 43.7 Å². The molecule has 0 spiro atoms. The summed E-state index contributed by atoms with van der Waals surface area (Å²) < 4.78 is 13.3. The molecule has 0 radical (unpaired) electrons. The topological polar surface area (TPSA) is 39.6 Å². The van der Waals surface area contributed by atoms with Gasteiger partial charge in [-0.2, -0.15) is 0 Å². The van der Waals surface area contributed by atoms with Crippen molar-refractivity contribution in [3.63, 3.8) is 0 Å². The molecule has 166 valence electrons. The fraction of sp³-hybridized carbons (Fsp3) is 0.370. The average molecular weight is 432 g/mol. The zero-order chi connectivity index (χ0) is 21.9. The third kappa shape index (κ3) is 4.33. The van der Waals surface area contributed by atoms with Gasteiger partial charge < -0.3 is 5.11 Å². The Labute approximate surface area is 189 Å². The summed E-state index contributed by atoms with van der Waals surface area (Å²) in [5.74, 6) is 0.0996. The Kier molecular flexibility index (Phi) is 6.30. The number of hydrogen-bond donors (Lipinski definition) is 1. The van der Waals surface area contributed by atoms with Gasteiger partial charge in [-0.1, -0.05) is 42.5 Å². The van der Waals surface area contributed by atoms with Gasteiger partial charge in [0.2, 0.25) is 0 Å². The minimum absolute atomic E-state index is 0.176. The lowest BCUT2D eigenvalue weighted by molar-refractivity contribution is -0.0655. The Balaban J connectivity index is 1.35. The van der Waals surface area contributed by atoms with Crippen molar-refractivity contribution in [3.05, 3.63) is 90.0 Å². The van der Waals surface area contributed by atoms with E-state index in [2.05, 4.69) is 45.1 Å². The smallest absolute Gasteiger partial charge is 0.123 e. The fourth-order valence-corrected chi connectivity index (χ4v) is 5.45. The second-order valence-electron chi connectivity index (χ2n) is 9.01. The molecule has 0 bridgehead atoms. The number of hydrogen-bond acceptors (Lipinski definition) is 4. The second-order valence-corrected chi connectivity index (χ2v) is 9.01. The van der Waals surface area contributed by atoms with Crippen molar-refractivity contribution in [3.8, 4) is 11.1 Å². The molecule has 5 rings (SSSR count). The first kappa shape index (κ1) is 21.3. The minimum Gasteiger partial charge on any atom is -0.395 e. The molecular weight excluding hydrogens is 401 g/mol. The molecule has 3 aromatic rings. The van der Waals surface area contributed by atoms with Crippen molar-refractivity contribution < 1.29 is 9.50 Å². The van der Waals surface area contributed by atoms with Crippen LogP contribution < -0.4 is 0 Å². The van der Waals surface area contributed by atoms with Crippen molar-refractivity contribution in [2.24, 2.45) is 0 Å². The van der Waals surface area contributed by atoms with Gasteiger partial charge in [-0.05, 0) is 66.4 Å². The second kappa shape index (κ2) is 9.49. The molecule has 1 N–H and O–H groups in total. The molecular formula is C27H30FN3O. The van der Waals surface area contributed by atoms with E-state index in [9.17, 15) is 9.50 Å². The molecule has 2 fully saturated rings. The van der Waals surface area contributed by atoms with Gasteiger partial charge in [0.05, 0.1) is 6.61 Å². The first-order chi connectivity index (χ1) is 15.7. The van der Waals surface area contributed by atoms with E-state index in [1.165, 1.54) is 29.7 Å². The highest BCUT2D eigenvalue weighted by molar-refractivity contribution is 5.63. The SMILES string of the molecule is OC[C@@H]1[C@H](c2ccc(-c3ccc(F)cc3)cc2)[C@H]2CN(Cc3cccnc3)CCCCN12. The number of pyridine rings is 1. The maximum absolute atomic E-state index is 13.3. The summed E-state index contributed by atoms with van der Waals surface area (Å²) in [4.78, 5) is 9.33. The number of fused-ring (bicyclic) bond motifs is 1. The monoisotopic (exact) mass is 431 g/mol. The molecule has 2 aliphatic heterocycles. The van der Waals surface area contributed by atoms with E-state index >= 15 is 0 Å². The van der Waals surface area contributed by atoms with Crippen LogP contribution in [-0.2, 0) is 6.54 Å². The Morgan fingerprint density at radius 1 is 0.938 bits per heavy atom. The predicted octanol–water partition coefficient (Wildman–Crippen LogP) is 4.31. The molecule has 3 atom stereocenters. The number of aromatic nitrogens is 1. The van der Waals surface area contributed by atoms with Crippen LogP contribution in [0.2, 0.25) is 0 Å². The molecule has 2 aliphatic rings. The van der Waals surface area contributed by atoms with Gasteiger partial charge in [-0.15, -0.1) is 0 Å². The Morgan fingerprint density at radius 3 is 2.34 bits per heavy atom. The summed E-state index contributed by atoms with van der Waals surface area (Å²) >= 11 is 0. The Morgan fingerprint density at radius 2 is 1.66 bits per heavy atom. The van der Waals surface area contributed by atoms with E-state index < -0.39 is 0 Å².